The van der Waals surface area contributed by atoms with Gasteiger partial charge in [0.05, 0.1) is 19.8 Å². The number of rotatable bonds is 9. The average molecular weight is 458 g/mol. The lowest BCUT2D eigenvalue weighted by molar-refractivity contribution is -0.132. The van der Waals surface area contributed by atoms with Crippen molar-refractivity contribution in [1.82, 2.24) is 4.90 Å². The molecule has 1 aliphatic rings. The molecule has 33 heavy (non-hydrogen) atoms. The molecule has 0 aliphatic carbocycles. The van der Waals surface area contributed by atoms with Crippen LogP contribution < -0.4 is 9.47 Å². The summed E-state index contributed by atoms with van der Waals surface area (Å²) in [6, 6.07) is 12.6. The molecule has 1 atom stereocenters. The fourth-order valence-corrected chi connectivity index (χ4v) is 4.95. The first-order chi connectivity index (χ1) is 15.7. The van der Waals surface area contributed by atoms with E-state index < -0.39 is 0 Å². The Balaban J connectivity index is 1.85. The van der Waals surface area contributed by atoms with Gasteiger partial charge in [0.2, 0.25) is 5.91 Å². The number of ether oxygens (including phenoxy) is 3. The second-order valence-electron chi connectivity index (χ2n) is 9.43. The molecule has 1 fully saturated rings. The van der Waals surface area contributed by atoms with E-state index in [4.69, 9.17) is 14.2 Å². The van der Waals surface area contributed by atoms with Crippen molar-refractivity contribution in [3.63, 3.8) is 0 Å². The normalized spacial score (nSPS) is 19.7. The lowest BCUT2D eigenvalue weighted by Crippen LogP contribution is -2.46. The van der Waals surface area contributed by atoms with Crippen LogP contribution in [0.2, 0.25) is 0 Å². The largest absolute Gasteiger partial charge is 0.493 e. The van der Waals surface area contributed by atoms with Gasteiger partial charge in [-0.05, 0) is 68.5 Å². The van der Waals surface area contributed by atoms with Crippen LogP contribution >= 0.6 is 0 Å². The van der Waals surface area contributed by atoms with E-state index >= 15 is 0 Å². The summed E-state index contributed by atoms with van der Waals surface area (Å²) in [4.78, 5) is 14.8. The van der Waals surface area contributed by atoms with Crippen LogP contribution in [0.1, 0.15) is 57.6 Å². The highest BCUT2D eigenvalue weighted by atomic mass is 19.1. The zero-order valence-corrected chi connectivity index (χ0v) is 20.4. The molecule has 0 aromatic heterocycles. The first-order valence-electron chi connectivity index (χ1n) is 11.6. The highest BCUT2D eigenvalue weighted by molar-refractivity contribution is 5.75. The van der Waals surface area contributed by atoms with E-state index in [0.29, 0.717) is 37.6 Å². The molecule has 3 rings (SSSR count). The van der Waals surface area contributed by atoms with Crippen LogP contribution in [0.25, 0.3) is 0 Å². The number of hydrogen-bond acceptors (Lipinski definition) is 4. The smallest absolute Gasteiger partial charge is 0.222 e. The van der Waals surface area contributed by atoms with Crippen molar-refractivity contribution in [2.75, 3.05) is 27.4 Å². The molecule has 1 amide bonds. The Labute approximate surface area is 196 Å². The molecule has 5 nitrogen and oxygen atoms in total. The quantitative estimate of drug-likeness (QED) is 0.499. The maximum absolute atomic E-state index is 13.7. The van der Waals surface area contributed by atoms with Crippen LogP contribution in [0.5, 0.6) is 11.5 Å². The topological polar surface area (TPSA) is 48.0 Å². The molecule has 0 saturated carbocycles. The number of carbonyl (C=O) groups excluding carboxylic acids is 1. The standard InChI is InChI=1S/C27H36FNO4/c1-6-25(30)29(18-20-7-12-23(31-4)24(17-20)32-5)15-13-27(14-16-33-26(2,3)19-27)21-8-10-22(28)11-9-21/h7-12,17H,6,13-16,18-19H2,1-5H3. The van der Waals surface area contributed by atoms with E-state index in [1.54, 1.807) is 14.2 Å². The SMILES string of the molecule is CCC(=O)N(CCC1(c2ccc(F)cc2)CCOC(C)(C)C1)Cc1ccc(OC)c(OC)c1. The Morgan fingerprint density at radius 1 is 1.09 bits per heavy atom. The van der Waals surface area contributed by atoms with E-state index in [1.807, 2.05) is 42.2 Å². The first kappa shape index (κ1) is 25.0. The summed E-state index contributed by atoms with van der Waals surface area (Å²) in [5.74, 6) is 1.17. The molecule has 0 radical (unpaired) electrons. The zero-order valence-electron chi connectivity index (χ0n) is 20.4. The third-order valence-electron chi connectivity index (χ3n) is 6.63. The summed E-state index contributed by atoms with van der Waals surface area (Å²) in [5, 5.41) is 0. The van der Waals surface area contributed by atoms with Crippen LogP contribution in [-0.4, -0.2) is 43.8 Å². The van der Waals surface area contributed by atoms with Crippen LogP contribution in [0, 0.1) is 5.82 Å². The van der Waals surface area contributed by atoms with Crippen molar-refractivity contribution in [3.8, 4) is 11.5 Å². The Morgan fingerprint density at radius 3 is 2.39 bits per heavy atom. The molecule has 0 bridgehead atoms. The summed E-state index contributed by atoms with van der Waals surface area (Å²) in [7, 11) is 3.21. The van der Waals surface area contributed by atoms with Crippen molar-refractivity contribution >= 4 is 5.91 Å². The minimum Gasteiger partial charge on any atom is -0.493 e. The van der Waals surface area contributed by atoms with E-state index in [2.05, 4.69) is 13.8 Å². The Kier molecular flexibility index (Phi) is 8.01. The highest BCUT2D eigenvalue weighted by Crippen LogP contribution is 2.44. The third kappa shape index (κ3) is 6.05. The van der Waals surface area contributed by atoms with Crippen molar-refractivity contribution in [2.24, 2.45) is 0 Å². The van der Waals surface area contributed by atoms with Gasteiger partial charge in [-0.3, -0.25) is 4.79 Å². The number of halogens is 1. The average Bonchev–Trinajstić information content (AvgIpc) is 2.80. The Bertz CT molecular complexity index is 944. The molecule has 0 spiro atoms. The van der Waals surface area contributed by atoms with E-state index in [9.17, 15) is 9.18 Å². The van der Waals surface area contributed by atoms with Crippen molar-refractivity contribution < 1.29 is 23.4 Å². The molecule has 1 heterocycles. The van der Waals surface area contributed by atoms with Gasteiger partial charge in [-0.25, -0.2) is 4.39 Å². The molecule has 0 N–H and O–H groups in total. The van der Waals surface area contributed by atoms with E-state index in [1.165, 1.54) is 12.1 Å². The molecule has 1 aliphatic heterocycles. The molecular weight excluding hydrogens is 421 g/mol. The lowest BCUT2D eigenvalue weighted by atomic mass is 9.67. The molecule has 180 valence electrons. The van der Waals surface area contributed by atoms with E-state index in [-0.39, 0.29) is 22.7 Å². The van der Waals surface area contributed by atoms with E-state index in [0.717, 1.165) is 30.4 Å². The van der Waals surface area contributed by atoms with Gasteiger partial charge in [0.25, 0.3) is 0 Å². The Hall–Kier alpha value is -2.60. The zero-order chi connectivity index (χ0) is 24.1. The monoisotopic (exact) mass is 457 g/mol. The van der Waals surface area contributed by atoms with Crippen LogP contribution in [0.15, 0.2) is 42.5 Å². The van der Waals surface area contributed by atoms with Crippen molar-refractivity contribution in [3.05, 3.63) is 59.4 Å². The lowest BCUT2D eigenvalue weighted by Gasteiger charge is -2.46. The van der Waals surface area contributed by atoms with Gasteiger partial charge in [0.15, 0.2) is 11.5 Å². The molecule has 6 heteroatoms. The maximum Gasteiger partial charge on any atom is 0.222 e. The highest BCUT2D eigenvalue weighted by Gasteiger charge is 2.42. The summed E-state index contributed by atoms with van der Waals surface area (Å²) in [5.41, 5.74) is 1.63. The van der Waals surface area contributed by atoms with Crippen LogP contribution in [0.3, 0.4) is 0 Å². The fourth-order valence-electron chi connectivity index (χ4n) is 4.95. The van der Waals surface area contributed by atoms with Gasteiger partial charge < -0.3 is 19.1 Å². The maximum atomic E-state index is 13.7. The molecule has 2 aromatic carbocycles. The van der Waals surface area contributed by atoms with Gasteiger partial charge in [-0.1, -0.05) is 25.1 Å². The second kappa shape index (κ2) is 10.6. The van der Waals surface area contributed by atoms with Crippen LogP contribution in [-0.2, 0) is 21.5 Å². The summed E-state index contributed by atoms with van der Waals surface area (Å²) >= 11 is 0. The first-order valence-corrected chi connectivity index (χ1v) is 11.6. The van der Waals surface area contributed by atoms with Gasteiger partial charge in [-0.15, -0.1) is 0 Å². The van der Waals surface area contributed by atoms with Gasteiger partial charge in [0.1, 0.15) is 5.82 Å². The molecule has 2 aromatic rings. The number of nitrogens with zero attached hydrogens (tertiary/aromatic N) is 1. The Morgan fingerprint density at radius 2 is 1.79 bits per heavy atom. The van der Waals surface area contributed by atoms with Crippen molar-refractivity contribution in [2.45, 2.75) is 64.0 Å². The minimum atomic E-state index is -0.282. The predicted molar refractivity (Wildman–Crippen MR) is 127 cm³/mol. The van der Waals surface area contributed by atoms with Crippen molar-refractivity contribution in [1.29, 1.82) is 0 Å². The fraction of sp³-hybridized carbons (Fsp3) is 0.519. The van der Waals surface area contributed by atoms with Gasteiger partial charge in [-0.2, -0.15) is 0 Å². The number of methoxy groups -OCH3 is 2. The summed E-state index contributed by atoms with van der Waals surface area (Å²) in [6.07, 6.45) is 2.87. The second-order valence-corrected chi connectivity index (χ2v) is 9.43. The number of carbonyl (C=O) groups is 1. The number of amides is 1. The summed E-state index contributed by atoms with van der Waals surface area (Å²) in [6.45, 7) is 7.83. The van der Waals surface area contributed by atoms with Gasteiger partial charge in [0, 0.05) is 31.5 Å². The molecule has 1 unspecified atom stereocenters. The van der Waals surface area contributed by atoms with Crippen LogP contribution in [0.4, 0.5) is 4.39 Å². The number of benzene rings is 2. The minimum absolute atomic E-state index is 0.102. The number of hydrogen-bond donors (Lipinski definition) is 0. The third-order valence-corrected chi connectivity index (χ3v) is 6.63. The molecule has 1 saturated heterocycles. The summed E-state index contributed by atoms with van der Waals surface area (Å²) < 4.78 is 30.4. The predicted octanol–water partition coefficient (Wildman–Crippen LogP) is 5.50. The molecular formula is C27H36FNO4. The van der Waals surface area contributed by atoms with Gasteiger partial charge >= 0.3 is 0 Å².